The summed E-state index contributed by atoms with van der Waals surface area (Å²) in [7, 11) is 1.55. The predicted octanol–water partition coefficient (Wildman–Crippen LogP) is 0.903. The highest BCUT2D eigenvalue weighted by atomic mass is 16.5. The number of hydrogen-bond acceptors (Lipinski definition) is 4. The lowest BCUT2D eigenvalue weighted by Gasteiger charge is -2.12. The second-order valence-corrected chi connectivity index (χ2v) is 5.26. The molecule has 0 saturated carbocycles. The highest BCUT2D eigenvalue weighted by Crippen LogP contribution is 2.12. The van der Waals surface area contributed by atoms with Crippen molar-refractivity contribution in [3.05, 3.63) is 29.8 Å². The summed E-state index contributed by atoms with van der Waals surface area (Å²) in [6.45, 7) is 1.99. The summed E-state index contributed by atoms with van der Waals surface area (Å²) in [6.07, 6.45) is 2.15. The van der Waals surface area contributed by atoms with Gasteiger partial charge in [-0.05, 0) is 31.0 Å². The number of nitrogens with one attached hydrogen (secondary N) is 3. The van der Waals surface area contributed by atoms with Gasteiger partial charge < -0.3 is 25.4 Å². The largest absolute Gasteiger partial charge is 0.497 e. The van der Waals surface area contributed by atoms with Crippen LogP contribution in [0.25, 0.3) is 0 Å². The molecule has 1 atom stereocenters. The topological polar surface area (TPSA) is 88.7 Å². The number of ether oxygens (including phenoxy) is 2. The first-order valence-corrected chi connectivity index (χ1v) is 7.74. The van der Waals surface area contributed by atoms with Gasteiger partial charge in [-0.1, -0.05) is 6.07 Å². The first-order chi connectivity index (χ1) is 11.2. The number of rotatable bonds is 7. The Labute approximate surface area is 135 Å². The lowest BCUT2D eigenvalue weighted by atomic mass is 10.2. The molecule has 0 bridgehead atoms. The zero-order valence-electron chi connectivity index (χ0n) is 13.3. The summed E-state index contributed by atoms with van der Waals surface area (Å²) >= 11 is 0. The Bertz CT molecular complexity index is 530. The Kier molecular flexibility index (Phi) is 6.68. The van der Waals surface area contributed by atoms with Crippen LogP contribution >= 0.6 is 0 Å². The summed E-state index contributed by atoms with van der Waals surface area (Å²) in [6, 6.07) is 6.65. The Morgan fingerprint density at radius 2 is 2.09 bits per heavy atom. The smallest absolute Gasteiger partial charge is 0.314 e. The molecule has 3 N–H and O–H groups in total. The zero-order valence-corrected chi connectivity index (χ0v) is 13.3. The van der Waals surface area contributed by atoms with Gasteiger partial charge in [0.1, 0.15) is 5.75 Å². The van der Waals surface area contributed by atoms with Crippen LogP contribution in [0.5, 0.6) is 5.75 Å². The summed E-state index contributed by atoms with van der Waals surface area (Å²) in [5.41, 5.74) is 0.521. The van der Waals surface area contributed by atoms with E-state index in [1.54, 1.807) is 31.4 Å². The van der Waals surface area contributed by atoms with Crippen molar-refractivity contribution in [3.8, 4) is 5.75 Å². The minimum atomic E-state index is -0.254. The van der Waals surface area contributed by atoms with Crippen LogP contribution in [0.2, 0.25) is 0 Å². The standard InChI is InChI=1S/C16H23N3O4/c1-22-13-5-2-4-12(10-13)15(20)17-7-8-18-16(21)19-11-14-6-3-9-23-14/h2,4-5,10,14H,3,6-9,11H2,1H3,(H,17,20)(H2,18,19,21)/t14-/m1/s1. The van der Waals surface area contributed by atoms with Crippen LogP contribution in [0.4, 0.5) is 4.79 Å². The lowest BCUT2D eigenvalue weighted by molar-refractivity contribution is 0.0953. The molecule has 0 aliphatic carbocycles. The van der Waals surface area contributed by atoms with Crippen LogP contribution in [0.3, 0.4) is 0 Å². The van der Waals surface area contributed by atoms with E-state index in [0.29, 0.717) is 30.9 Å². The number of benzene rings is 1. The monoisotopic (exact) mass is 321 g/mol. The van der Waals surface area contributed by atoms with Crippen LogP contribution in [-0.4, -0.2) is 51.4 Å². The molecule has 0 radical (unpaired) electrons. The quantitative estimate of drug-likeness (QED) is 0.651. The van der Waals surface area contributed by atoms with Crippen molar-refractivity contribution in [1.29, 1.82) is 0 Å². The maximum atomic E-state index is 11.9. The van der Waals surface area contributed by atoms with Crippen LogP contribution in [-0.2, 0) is 4.74 Å². The summed E-state index contributed by atoms with van der Waals surface area (Å²) in [5.74, 6) is 0.426. The molecule has 23 heavy (non-hydrogen) atoms. The summed E-state index contributed by atoms with van der Waals surface area (Å²) in [4.78, 5) is 23.5. The fourth-order valence-corrected chi connectivity index (χ4v) is 2.29. The molecular formula is C16H23N3O4. The normalized spacial score (nSPS) is 16.7. The Balaban J connectivity index is 1.60. The molecule has 1 aliphatic rings. The molecule has 0 spiro atoms. The van der Waals surface area contributed by atoms with Gasteiger partial charge in [-0.2, -0.15) is 0 Å². The van der Waals surface area contributed by atoms with Gasteiger partial charge in [-0.3, -0.25) is 4.79 Å². The molecule has 1 aromatic carbocycles. The third kappa shape index (κ3) is 5.78. The minimum absolute atomic E-state index is 0.119. The Morgan fingerprint density at radius 3 is 2.83 bits per heavy atom. The van der Waals surface area contributed by atoms with Crippen LogP contribution in [0.1, 0.15) is 23.2 Å². The maximum Gasteiger partial charge on any atom is 0.314 e. The number of amides is 3. The van der Waals surface area contributed by atoms with Crippen molar-refractivity contribution in [2.45, 2.75) is 18.9 Å². The Hall–Kier alpha value is -2.28. The van der Waals surface area contributed by atoms with Gasteiger partial charge in [-0.25, -0.2) is 4.79 Å². The second kappa shape index (κ2) is 8.99. The zero-order chi connectivity index (χ0) is 16.5. The summed E-state index contributed by atoms with van der Waals surface area (Å²) < 4.78 is 10.5. The third-order valence-corrected chi connectivity index (χ3v) is 3.54. The highest BCUT2D eigenvalue weighted by molar-refractivity contribution is 5.94. The second-order valence-electron chi connectivity index (χ2n) is 5.26. The van der Waals surface area contributed by atoms with E-state index in [-0.39, 0.29) is 18.0 Å². The number of carbonyl (C=O) groups is 2. The number of methoxy groups -OCH3 is 1. The van der Waals surface area contributed by atoms with Gasteiger partial charge in [0.2, 0.25) is 0 Å². The van der Waals surface area contributed by atoms with E-state index in [2.05, 4.69) is 16.0 Å². The van der Waals surface area contributed by atoms with Gasteiger partial charge in [-0.15, -0.1) is 0 Å². The van der Waals surface area contributed by atoms with E-state index in [1.807, 2.05) is 0 Å². The average Bonchev–Trinajstić information content (AvgIpc) is 3.10. The maximum absolute atomic E-state index is 11.9. The van der Waals surface area contributed by atoms with Gasteiger partial charge in [0, 0.05) is 31.8 Å². The molecule has 0 aromatic heterocycles. The van der Waals surface area contributed by atoms with Gasteiger partial charge >= 0.3 is 6.03 Å². The minimum Gasteiger partial charge on any atom is -0.497 e. The Morgan fingerprint density at radius 1 is 1.26 bits per heavy atom. The van der Waals surface area contributed by atoms with Crippen molar-refractivity contribution in [1.82, 2.24) is 16.0 Å². The van der Waals surface area contributed by atoms with Gasteiger partial charge in [0.25, 0.3) is 5.91 Å². The molecule has 1 aliphatic heterocycles. The van der Waals surface area contributed by atoms with Crippen molar-refractivity contribution < 1.29 is 19.1 Å². The van der Waals surface area contributed by atoms with Crippen molar-refractivity contribution in [2.75, 3.05) is 33.4 Å². The molecule has 7 heteroatoms. The van der Waals surface area contributed by atoms with E-state index >= 15 is 0 Å². The molecule has 3 amide bonds. The average molecular weight is 321 g/mol. The summed E-state index contributed by atoms with van der Waals surface area (Å²) in [5, 5.41) is 8.19. The fraction of sp³-hybridized carbons (Fsp3) is 0.500. The molecule has 126 valence electrons. The number of urea groups is 1. The van der Waals surface area contributed by atoms with Crippen molar-refractivity contribution in [2.24, 2.45) is 0 Å². The molecule has 1 heterocycles. The first kappa shape index (κ1) is 17.1. The molecule has 1 fully saturated rings. The predicted molar refractivity (Wildman–Crippen MR) is 85.7 cm³/mol. The molecule has 7 nitrogen and oxygen atoms in total. The van der Waals surface area contributed by atoms with Crippen LogP contribution in [0.15, 0.2) is 24.3 Å². The van der Waals surface area contributed by atoms with Gasteiger partial charge in [0.15, 0.2) is 0 Å². The van der Waals surface area contributed by atoms with Crippen molar-refractivity contribution >= 4 is 11.9 Å². The lowest BCUT2D eigenvalue weighted by Crippen LogP contribution is -2.42. The SMILES string of the molecule is COc1cccc(C(=O)NCCNC(=O)NC[C@H]2CCCO2)c1. The number of carbonyl (C=O) groups excluding carboxylic acids is 2. The third-order valence-electron chi connectivity index (χ3n) is 3.54. The van der Waals surface area contributed by atoms with Gasteiger partial charge in [0.05, 0.1) is 13.2 Å². The molecule has 1 aromatic rings. The van der Waals surface area contributed by atoms with Crippen LogP contribution in [0, 0.1) is 0 Å². The molecule has 2 rings (SSSR count). The van der Waals surface area contributed by atoms with E-state index in [9.17, 15) is 9.59 Å². The fourth-order valence-electron chi connectivity index (χ4n) is 2.29. The molecule has 0 unspecified atom stereocenters. The van der Waals surface area contributed by atoms with Crippen molar-refractivity contribution in [3.63, 3.8) is 0 Å². The van der Waals surface area contributed by atoms with E-state index in [4.69, 9.17) is 9.47 Å². The molecular weight excluding hydrogens is 298 g/mol. The van der Waals surface area contributed by atoms with E-state index < -0.39 is 0 Å². The van der Waals surface area contributed by atoms with Crippen LogP contribution < -0.4 is 20.7 Å². The van der Waals surface area contributed by atoms with E-state index in [0.717, 1.165) is 19.4 Å². The first-order valence-electron chi connectivity index (χ1n) is 7.74. The van der Waals surface area contributed by atoms with E-state index in [1.165, 1.54) is 0 Å². The highest BCUT2D eigenvalue weighted by Gasteiger charge is 2.15. The number of hydrogen-bond donors (Lipinski definition) is 3. The molecule has 1 saturated heterocycles.